The van der Waals surface area contributed by atoms with Crippen molar-refractivity contribution in [3.05, 3.63) is 18.2 Å². The molecule has 0 saturated carbocycles. The molecule has 1 heterocycles. The average molecular weight is 588 g/mol. The van der Waals surface area contributed by atoms with Crippen molar-refractivity contribution in [2.24, 2.45) is 0 Å². The molecule has 0 bridgehead atoms. The predicted molar refractivity (Wildman–Crippen MR) is 189 cm³/mol. The summed E-state index contributed by atoms with van der Waals surface area (Å²) in [5.41, 5.74) is 0. The maximum Gasteiger partial charge on any atom is 0.257 e. The number of aromatic amines is 1. The first kappa shape index (κ1) is 39.2. The van der Waals surface area contributed by atoms with E-state index < -0.39 is 0 Å². The Balaban J connectivity index is 2.29. The topological polar surface area (TPSA) is 19.7 Å². The summed E-state index contributed by atoms with van der Waals surface area (Å²) >= 11 is 0. The molecule has 2 atom stereocenters. The van der Waals surface area contributed by atoms with Gasteiger partial charge in [0.1, 0.15) is 12.4 Å². The lowest BCUT2D eigenvalue weighted by atomic mass is 9.93. The summed E-state index contributed by atoms with van der Waals surface area (Å²) in [6, 6.07) is 0.620. The average Bonchev–Trinajstić information content (AvgIpc) is 3.49. The van der Waals surface area contributed by atoms with Crippen LogP contribution >= 0.6 is 0 Å². The van der Waals surface area contributed by atoms with Crippen LogP contribution in [-0.4, -0.2) is 4.98 Å². The van der Waals surface area contributed by atoms with E-state index in [1.54, 1.807) is 0 Å². The summed E-state index contributed by atoms with van der Waals surface area (Å²) in [5.74, 6) is 2.24. The second-order valence-electron chi connectivity index (χ2n) is 14.0. The third kappa shape index (κ3) is 21.8. The molecule has 0 amide bonds. The van der Waals surface area contributed by atoms with Gasteiger partial charge in [-0.2, -0.15) is 0 Å². The lowest BCUT2D eigenvalue weighted by molar-refractivity contribution is -0.727. The molecule has 1 aromatic rings. The fraction of sp³-hybridized carbons (Fsp3) is 0.925. The molecule has 0 aliphatic heterocycles. The van der Waals surface area contributed by atoms with Crippen LogP contribution in [0.3, 0.4) is 0 Å². The van der Waals surface area contributed by atoms with Gasteiger partial charge in [0.2, 0.25) is 0 Å². The van der Waals surface area contributed by atoms with Gasteiger partial charge in [-0.3, -0.25) is 0 Å². The molecule has 1 rings (SSSR count). The number of hydrogen-bond donors (Lipinski definition) is 1. The van der Waals surface area contributed by atoms with Crippen molar-refractivity contribution in [3.63, 3.8) is 0 Å². The normalized spacial score (nSPS) is 13.1. The molecule has 2 nitrogen and oxygen atoms in total. The number of rotatable bonds is 33. The highest BCUT2D eigenvalue weighted by atomic mass is 15.1. The van der Waals surface area contributed by atoms with E-state index in [0.29, 0.717) is 12.0 Å². The number of nitrogens with one attached hydrogen (secondary N) is 1. The summed E-state index contributed by atoms with van der Waals surface area (Å²) in [6.07, 6.45) is 48.7. The lowest BCUT2D eigenvalue weighted by Crippen LogP contribution is -2.41. The highest BCUT2D eigenvalue weighted by Gasteiger charge is 2.25. The summed E-state index contributed by atoms with van der Waals surface area (Å²) < 4.78 is 2.63. The van der Waals surface area contributed by atoms with E-state index in [-0.39, 0.29) is 0 Å². The molecule has 0 saturated heterocycles. The molecule has 42 heavy (non-hydrogen) atoms. The van der Waals surface area contributed by atoms with Crippen molar-refractivity contribution in [1.29, 1.82) is 0 Å². The Hall–Kier alpha value is -0.790. The van der Waals surface area contributed by atoms with Gasteiger partial charge in [-0.05, 0) is 32.6 Å². The lowest BCUT2D eigenvalue weighted by Gasteiger charge is -2.17. The Morgan fingerprint density at radius 1 is 0.452 bits per heavy atom. The first-order valence-electron chi connectivity index (χ1n) is 19.8. The molecule has 2 heteroatoms. The van der Waals surface area contributed by atoms with E-state index in [2.05, 4.69) is 49.6 Å². The zero-order chi connectivity index (χ0) is 30.4. The van der Waals surface area contributed by atoms with E-state index in [0.717, 1.165) is 0 Å². The monoisotopic (exact) mass is 588 g/mol. The van der Waals surface area contributed by atoms with E-state index in [9.17, 15) is 0 Å². The first-order chi connectivity index (χ1) is 20.7. The Morgan fingerprint density at radius 2 is 0.762 bits per heavy atom. The second kappa shape index (κ2) is 30.2. The van der Waals surface area contributed by atoms with Crippen molar-refractivity contribution in [2.45, 2.75) is 239 Å². The van der Waals surface area contributed by atoms with Crippen LogP contribution in [0.4, 0.5) is 0 Å². The van der Waals surface area contributed by atoms with Crippen LogP contribution in [-0.2, 0) is 0 Å². The summed E-state index contributed by atoms with van der Waals surface area (Å²) in [4.78, 5) is 3.73. The van der Waals surface area contributed by atoms with Crippen molar-refractivity contribution in [3.8, 4) is 0 Å². The molecule has 2 unspecified atom stereocenters. The van der Waals surface area contributed by atoms with Gasteiger partial charge in [0.25, 0.3) is 5.82 Å². The standard InChI is InChI=1S/C40H78N2/c1-5-8-11-14-17-18-19-20-21-22-23-24-26-27-30-33-38(4)42-37-36-41-40(42)39(34-31-28-16-13-10-7-3)35-32-29-25-15-12-9-6-2/h36-39H,5-35H2,1-4H3/p+1. The van der Waals surface area contributed by atoms with Crippen LogP contribution < -0.4 is 4.57 Å². The van der Waals surface area contributed by atoms with Crippen LogP contribution in [0.5, 0.6) is 0 Å². The van der Waals surface area contributed by atoms with Crippen LogP contribution in [0.25, 0.3) is 0 Å². The van der Waals surface area contributed by atoms with Crippen LogP contribution in [0.15, 0.2) is 12.4 Å². The van der Waals surface area contributed by atoms with Crippen molar-refractivity contribution >= 4 is 0 Å². The van der Waals surface area contributed by atoms with Crippen LogP contribution in [0, 0.1) is 0 Å². The summed E-state index contributed by atoms with van der Waals surface area (Å²) in [5, 5.41) is 0. The Kier molecular flexibility index (Phi) is 28.3. The number of hydrogen-bond acceptors (Lipinski definition) is 0. The first-order valence-corrected chi connectivity index (χ1v) is 19.8. The summed E-state index contributed by atoms with van der Waals surface area (Å²) in [6.45, 7) is 9.42. The quantitative estimate of drug-likeness (QED) is 0.0623. The molecule has 0 aromatic carbocycles. The van der Waals surface area contributed by atoms with Gasteiger partial charge in [0.05, 0.1) is 12.0 Å². The maximum absolute atomic E-state index is 3.73. The number of imidazole rings is 1. The molecule has 0 spiro atoms. The molecular weight excluding hydrogens is 508 g/mol. The number of nitrogens with zero attached hydrogens (tertiary/aromatic N) is 1. The highest BCUT2D eigenvalue weighted by molar-refractivity contribution is 4.90. The fourth-order valence-corrected chi connectivity index (χ4v) is 6.96. The van der Waals surface area contributed by atoms with E-state index >= 15 is 0 Å². The molecule has 0 radical (unpaired) electrons. The van der Waals surface area contributed by atoms with E-state index in [4.69, 9.17) is 0 Å². The van der Waals surface area contributed by atoms with Gasteiger partial charge >= 0.3 is 0 Å². The van der Waals surface area contributed by atoms with Gasteiger partial charge in [-0.1, -0.05) is 194 Å². The second-order valence-corrected chi connectivity index (χ2v) is 14.0. The molecule has 0 fully saturated rings. The maximum atomic E-state index is 3.73. The van der Waals surface area contributed by atoms with Gasteiger partial charge < -0.3 is 0 Å². The Labute approximate surface area is 266 Å². The van der Waals surface area contributed by atoms with E-state index in [1.165, 1.54) is 205 Å². The Morgan fingerprint density at radius 3 is 1.12 bits per heavy atom. The SMILES string of the molecule is CCCCCCCCCCCCCCCCCC(C)[n+]1cc[nH]c1C(CCCCCCCC)CCCCCCCCC. The van der Waals surface area contributed by atoms with Crippen molar-refractivity contribution in [2.75, 3.05) is 0 Å². The minimum atomic E-state index is 0.620. The largest absolute Gasteiger partial charge is 0.257 e. The van der Waals surface area contributed by atoms with Crippen molar-refractivity contribution in [1.82, 2.24) is 4.98 Å². The zero-order valence-corrected chi connectivity index (χ0v) is 29.7. The van der Waals surface area contributed by atoms with Gasteiger partial charge in [0, 0.05) is 0 Å². The minimum absolute atomic E-state index is 0.620. The zero-order valence-electron chi connectivity index (χ0n) is 29.7. The number of aromatic nitrogens is 2. The molecule has 1 N–H and O–H groups in total. The predicted octanol–water partition coefficient (Wildman–Crippen LogP) is 14.1. The molecule has 1 aromatic heterocycles. The van der Waals surface area contributed by atoms with E-state index in [1.807, 2.05) is 0 Å². The van der Waals surface area contributed by atoms with Gasteiger partial charge in [-0.15, -0.1) is 0 Å². The number of H-pyrrole nitrogens is 1. The number of unbranched alkanes of at least 4 members (excludes halogenated alkanes) is 25. The van der Waals surface area contributed by atoms with Gasteiger partial charge in [-0.25, -0.2) is 9.55 Å². The summed E-state index contributed by atoms with van der Waals surface area (Å²) in [7, 11) is 0. The third-order valence-corrected chi connectivity index (χ3v) is 9.89. The highest BCUT2D eigenvalue weighted by Crippen LogP contribution is 2.27. The molecular formula is C40H79N2+. The van der Waals surface area contributed by atoms with Gasteiger partial charge in [0.15, 0.2) is 0 Å². The fourth-order valence-electron chi connectivity index (χ4n) is 6.96. The van der Waals surface area contributed by atoms with Crippen molar-refractivity contribution < 1.29 is 4.57 Å². The third-order valence-electron chi connectivity index (χ3n) is 9.89. The Bertz CT molecular complexity index is 650. The van der Waals surface area contributed by atoms with Crippen LogP contribution in [0.2, 0.25) is 0 Å². The minimum Gasteiger partial charge on any atom is -0.247 e. The molecule has 0 aliphatic carbocycles. The molecule has 248 valence electrons. The smallest absolute Gasteiger partial charge is 0.247 e. The molecule has 0 aliphatic rings. The van der Waals surface area contributed by atoms with Crippen LogP contribution in [0.1, 0.15) is 245 Å².